The molecule has 0 unspecified atom stereocenters. The highest BCUT2D eigenvalue weighted by Crippen LogP contribution is 2.22. The number of aromatic hydroxyl groups is 1. The highest BCUT2D eigenvalue weighted by molar-refractivity contribution is 8.03. The standard InChI is InChI=1S/C16H18N4OS.C7H6O2/c1-18-14(15(17)21)16(19-2)22-10-20-13-8-7-11-5-3-4-6-12(11)9-13;8-5-6-1-3-7(9)4-2-6/h3-9,19-20H,1,10H2,2H3,(H2,17,21);1-5,9H/b16-14-;. The zero-order valence-corrected chi connectivity index (χ0v) is 17.9. The molecule has 160 valence electrons. The molecular weight excluding hydrogens is 412 g/mol. The third-order valence-corrected chi connectivity index (χ3v) is 5.08. The Kier molecular flexibility index (Phi) is 9.13. The van der Waals surface area contributed by atoms with Gasteiger partial charge in [0.1, 0.15) is 17.1 Å². The summed E-state index contributed by atoms with van der Waals surface area (Å²) in [6.07, 6.45) is 0.736. The maximum Gasteiger partial charge on any atom is 0.269 e. The average molecular weight is 437 g/mol. The van der Waals surface area contributed by atoms with Gasteiger partial charge in [0.25, 0.3) is 5.91 Å². The molecule has 1 amide bonds. The molecule has 0 spiro atoms. The van der Waals surface area contributed by atoms with Crippen molar-refractivity contribution in [2.45, 2.75) is 0 Å². The van der Waals surface area contributed by atoms with Gasteiger partial charge in [-0.15, -0.1) is 0 Å². The molecule has 7 nitrogen and oxygen atoms in total. The van der Waals surface area contributed by atoms with Crippen LogP contribution in [0.5, 0.6) is 5.75 Å². The Morgan fingerprint density at radius 3 is 2.39 bits per heavy atom. The number of anilines is 1. The van der Waals surface area contributed by atoms with Crippen molar-refractivity contribution in [3.8, 4) is 5.75 Å². The molecule has 3 rings (SSSR count). The van der Waals surface area contributed by atoms with Crippen LogP contribution in [0.15, 0.2) is 82.4 Å². The summed E-state index contributed by atoms with van der Waals surface area (Å²) < 4.78 is 0. The van der Waals surface area contributed by atoms with E-state index < -0.39 is 5.91 Å². The lowest BCUT2D eigenvalue weighted by Gasteiger charge is -2.11. The van der Waals surface area contributed by atoms with Gasteiger partial charge in [-0.05, 0) is 53.9 Å². The van der Waals surface area contributed by atoms with Gasteiger partial charge in [-0.25, -0.2) is 0 Å². The summed E-state index contributed by atoms with van der Waals surface area (Å²) in [4.78, 5) is 25.0. The minimum absolute atomic E-state index is 0.146. The Labute approximate surface area is 185 Å². The summed E-state index contributed by atoms with van der Waals surface area (Å²) in [7, 11) is 1.71. The number of thioether (sulfide) groups is 1. The van der Waals surface area contributed by atoms with Crippen molar-refractivity contribution >= 4 is 47.1 Å². The molecule has 0 heterocycles. The van der Waals surface area contributed by atoms with Gasteiger partial charge in [0.15, 0.2) is 5.70 Å². The minimum Gasteiger partial charge on any atom is -0.508 e. The van der Waals surface area contributed by atoms with Gasteiger partial charge in [-0.1, -0.05) is 42.1 Å². The average Bonchev–Trinajstić information content (AvgIpc) is 2.79. The number of nitrogens with one attached hydrogen (secondary N) is 2. The van der Waals surface area contributed by atoms with Crippen LogP contribution in [0.1, 0.15) is 10.4 Å². The van der Waals surface area contributed by atoms with Crippen molar-refractivity contribution in [3.63, 3.8) is 0 Å². The Hall–Kier alpha value is -3.78. The van der Waals surface area contributed by atoms with Crippen molar-refractivity contribution in [1.29, 1.82) is 0 Å². The second-order valence-corrected chi connectivity index (χ2v) is 7.17. The third-order valence-electron chi connectivity index (χ3n) is 4.11. The molecule has 3 aromatic carbocycles. The van der Waals surface area contributed by atoms with Gasteiger partial charge >= 0.3 is 0 Å². The highest BCUT2D eigenvalue weighted by Gasteiger charge is 2.10. The lowest BCUT2D eigenvalue weighted by Crippen LogP contribution is -2.19. The van der Waals surface area contributed by atoms with E-state index in [0.717, 1.165) is 12.0 Å². The molecule has 0 bridgehead atoms. The topological polar surface area (TPSA) is 117 Å². The van der Waals surface area contributed by atoms with E-state index in [9.17, 15) is 9.59 Å². The summed E-state index contributed by atoms with van der Waals surface area (Å²) in [5.41, 5.74) is 7.00. The second-order valence-electron chi connectivity index (χ2n) is 6.19. The number of phenolic OH excluding ortho intramolecular Hbond substituents is 1. The number of nitrogens with zero attached hydrogens (tertiary/aromatic N) is 1. The Balaban J connectivity index is 0.000000316. The molecule has 3 aromatic rings. The molecule has 0 aliphatic heterocycles. The number of carbonyl (C=O) groups excluding carboxylic acids is 2. The number of carbonyl (C=O) groups is 2. The van der Waals surface area contributed by atoms with Crippen LogP contribution in [-0.2, 0) is 4.79 Å². The number of aldehydes is 1. The van der Waals surface area contributed by atoms with Crippen LogP contribution in [0.4, 0.5) is 5.69 Å². The van der Waals surface area contributed by atoms with Crippen molar-refractivity contribution in [2.75, 3.05) is 18.2 Å². The normalized spacial score (nSPS) is 10.9. The highest BCUT2D eigenvalue weighted by atomic mass is 32.2. The van der Waals surface area contributed by atoms with Gasteiger partial charge in [0.05, 0.1) is 5.88 Å². The van der Waals surface area contributed by atoms with Crippen LogP contribution in [0, 0.1) is 0 Å². The molecule has 0 saturated heterocycles. The van der Waals surface area contributed by atoms with Gasteiger partial charge in [0, 0.05) is 18.3 Å². The van der Waals surface area contributed by atoms with Crippen molar-refractivity contribution in [1.82, 2.24) is 5.32 Å². The number of phenols is 1. The first-order valence-electron chi connectivity index (χ1n) is 9.26. The van der Waals surface area contributed by atoms with E-state index in [4.69, 9.17) is 10.8 Å². The van der Waals surface area contributed by atoms with Crippen molar-refractivity contribution in [2.24, 2.45) is 10.7 Å². The molecule has 0 fully saturated rings. The third kappa shape index (κ3) is 7.20. The summed E-state index contributed by atoms with van der Waals surface area (Å²) in [5, 5.41) is 17.9. The molecule has 0 saturated carbocycles. The summed E-state index contributed by atoms with van der Waals surface area (Å²) in [5.74, 6) is 0.152. The van der Waals surface area contributed by atoms with E-state index in [1.165, 1.54) is 34.7 Å². The number of rotatable bonds is 8. The number of amides is 1. The molecule has 31 heavy (non-hydrogen) atoms. The van der Waals surface area contributed by atoms with Crippen LogP contribution < -0.4 is 16.4 Å². The van der Waals surface area contributed by atoms with Crippen molar-refractivity contribution in [3.05, 3.63) is 83.0 Å². The number of primary amides is 1. The van der Waals surface area contributed by atoms with Gasteiger partial charge in [-0.3, -0.25) is 14.6 Å². The fourth-order valence-corrected chi connectivity index (χ4v) is 3.39. The second kappa shape index (κ2) is 12.0. The molecule has 0 aliphatic carbocycles. The Morgan fingerprint density at radius 1 is 1.13 bits per heavy atom. The Bertz CT molecular complexity index is 1080. The molecule has 0 aliphatic rings. The maximum absolute atomic E-state index is 11.3. The molecule has 8 heteroatoms. The minimum atomic E-state index is -0.599. The van der Waals surface area contributed by atoms with Crippen LogP contribution in [0.3, 0.4) is 0 Å². The quantitative estimate of drug-likeness (QED) is 0.185. The lowest BCUT2D eigenvalue weighted by molar-refractivity contribution is -0.114. The molecule has 0 atom stereocenters. The van der Waals surface area contributed by atoms with Crippen LogP contribution in [0.25, 0.3) is 10.8 Å². The van der Waals surface area contributed by atoms with E-state index in [1.54, 1.807) is 19.2 Å². The fraction of sp³-hybridized carbons (Fsp3) is 0.0870. The SMILES string of the molecule is C=N/C(C(N)=O)=C(/NC)SCNc1ccc2ccccc2c1.O=Cc1ccc(O)cc1. The molecule has 0 radical (unpaired) electrons. The van der Waals surface area contributed by atoms with E-state index in [1.807, 2.05) is 18.2 Å². The maximum atomic E-state index is 11.3. The monoisotopic (exact) mass is 436 g/mol. The zero-order valence-electron chi connectivity index (χ0n) is 17.0. The summed E-state index contributed by atoms with van der Waals surface area (Å²) >= 11 is 1.41. The first kappa shape index (κ1) is 23.5. The summed E-state index contributed by atoms with van der Waals surface area (Å²) in [6.45, 7) is 3.37. The van der Waals surface area contributed by atoms with E-state index in [-0.39, 0.29) is 11.4 Å². The first-order valence-corrected chi connectivity index (χ1v) is 10.2. The fourth-order valence-electron chi connectivity index (χ4n) is 2.56. The lowest BCUT2D eigenvalue weighted by atomic mass is 10.1. The molecule has 5 N–H and O–H groups in total. The van der Waals surface area contributed by atoms with Gasteiger partial charge < -0.3 is 21.5 Å². The summed E-state index contributed by atoms with van der Waals surface area (Å²) in [6, 6.07) is 20.4. The predicted molar refractivity (Wildman–Crippen MR) is 128 cm³/mol. The zero-order chi connectivity index (χ0) is 22.6. The number of hydrogen-bond donors (Lipinski definition) is 4. The van der Waals surface area contributed by atoms with Crippen LogP contribution in [0.2, 0.25) is 0 Å². The smallest absolute Gasteiger partial charge is 0.269 e. The van der Waals surface area contributed by atoms with E-state index >= 15 is 0 Å². The predicted octanol–water partition coefficient (Wildman–Crippen LogP) is 3.72. The van der Waals surface area contributed by atoms with Crippen molar-refractivity contribution < 1.29 is 14.7 Å². The number of hydrogen-bond acceptors (Lipinski definition) is 7. The molecular formula is C23H24N4O3S. The van der Waals surface area contributed by atoms with Crippen LogP contribution >= 0.6 is 11.8 Å². The van der Waals surface area contributed by atoms with E-state index in [0.29, 0.717) is 16.5 Å². The van der Waals surface area contributed by atoms with E-state index in [2.05, 4.69) is 46.6 Å². The first-order chi connectivity index (χ1) is 15.0. The van der Waals surface area contributed by atoms with Crippen LogP contribution in [-0.4, -0.2) is 36.9 Å². The van der Waals surface area contributed by atoms with Gasteiger partial charge in [0.2, 0.25) is 0 Å². The number of nitrogens with two attached hydrogens (primary N) is 1. The number of benzene rings is 3. The number of aliphatic imine (C=N–C) groups is 1. The van der Waals surface area contributed by atoms with Gasteiger partial charge in [-0.2, -0.15) is 0 Å². The molecule has 0 aromatic heterocycles. The largest absolute Gasteiger partial charge is 0.508 e. The Morgan fingerprint density at radius 2 is 1.81 bits per heavy atom. The number of fused-ring (bicyclic) bond motifs is 1.